The normalized spacial score (nSPS) is 12.3. The number of nitrogens with zero attached hydrogens (tertiary/aromatic N) is 1. The molecule has 0 aliphatic rings. The lowest BCUT2D eigenvalue weighted by molar-refractivity contribution is 0.310. The number of H-pyrrole nitrogens is 1. The van der Waals surface area contributed by atoms with Crippen LogP contribution in [0.25, 0.3) is 10.9 Å². The Bertz CT molecular complexity index is 1440. The number of benzene rings is 3. The summed E-state index contributed by atoms with van der Waals surface area (Å²) in [6.07, 6.45) is 1.91. The monoisotopic (exact) mass is 475 g/mol. The van der Waals surface area contributed by atoms with Gasteiger partial charge in [-0.15, -0.1) is 0 Å². The van der Waals surface area contributed by atoms with Gasteiger partial charge < -0.3 is 14.5 Å². The summed E-state index contributed by atoms with van der Waals surface area (Å²) in [4.78, 5) is 3.38. The van der Waals surface area contributed by atoms with E-state index < -0.39 is 10.0 Å². The first kappa shape index (κ1) is 23.4. The van der Waals surface area contributed by atoms with Gasteiger partial charge in [0.05, 0.1) is 30.2 Å². The molecule has 1 aromatic heterocycles. The molecule has 0 aliphatic carbocycles. The SMILES string of the molecule is CCOc1ccc(C(CNS(=O)(=O)c2ccc(C#N)cc2)c2c[nH]c3ccccc23)cc1OC. The van der Waals surface area contributed by atoms with Gasteiger partial charge >= 0.3 is 0 Å². The molecule has 7 nitrogen and oxygen atoms in total. The fourth-order valence-corrected chi connectivity index (χ4v) is 5.00. The van der Waals surface area contributed by atoms with E-state index in [1.54, 1.807) is 7.11 Å². The molecule has 0 fully saturated rings. The van der Waals surface area contributed by atoms with Crippen molar-refractivity contribution in [2.24, 2.45) is 0 Å². The Balaban J connectivity index is 1.72. The van der Waals surface area contributed by atoms with Crippen LogP contribution >= 0.6 is 0 Å². The highest BCUT2D eigenvalue weighted by atomic mass is 32.2. The molecular formula is C26H25N3O4S. The highest BCUT2D eigenvalue weighted by Gasteiger charge is 2.23. The number of aromatic amines is 1. The average molecular weight is 476 g/mol. The van der Waals surface area contributed by atoms with Crippen LogP contribution in [-0.2, 0) is 10.0 Å². The maximum atomic E-state index is 13.0. The first-order valence-corrected chi connectivity index (χ1v) is 12.3. The predicted molar refractivity (Wildman–Crippen MR) is 131 cm³/mol. The molecule has 2 N–H and O–H groups in total. The molecule has 0 saturated heterocycles. The minimum absolute atomic E-state index is 0.105. The van der Waals surface area contributed by atoms with E-state index in [4.69, 9.17) is 14.7 Å². The quantitative estimate of drug-likeness (QED) is 0.369. The van der Waals surface area contributed by atoms with Gasteiger partial charge in [0.1, 0.15) is 0 Å². The van der Waals surface area contributed by atoms with Gasteiger partial charge in [-0.05, 0) is 60.5 Å². The number of hydrogen-bond acceptors (Lipinski definition) is 5. The molecule has 1 heterocycles. The van der Waals surface area contributed by atoms with E-state index in [0.29, 0.717) is 23.7 Å². The summed E-state index contributed by atoms with van der Waals surface area (Å²) in [5, 5.41) is 10.00. The number of para-hydroxylation sites is 1. The first-order chi connectivity index (χ1) is 16.5. The van der Waals surface area contributed by atoms with Crippen LogP contribution < -0.4 is 14.2 Å². The summed E-state index contributed by atoms with van der Waals surface area (Å²) in [6.45, 7) is 2.54. The Hall–Kier alpha value is -3.80. The second kappa shape index (κ2) is 10.00. The number of nitrogens with one attached hydrogen (secondary N) is 2. The summed E-state index contributed by atoms with van der Waals surface area (Å²) < 4.78 is 40.0. The number of rotatable bonds is 9. The third kappa shape index (κ3) is 4.76. The highest BCUT2D eigenvalue weighted by Crippen LogP contribution is 2.36. The van der Waals surface area contributed by atoms with E-state index in [0.717, 1.165) is 22.0 Å². The molecule has 0 aliphatic heterocycles. The number of aromatic nitrogens is 1. The zero-order chi connectivity index (χ0) is 24.1. The molecule has 4 rings (SSSR count). The van der Waals surface area contributed by atoms with Crippen LogP contribution in [0, 0.1) is 11.3 Å². The van der Waals surface area contributed by atoms with Crippen LogP contribution in [0.2, 0.25) is 0 Å². The fraction of sp³-hybridized carbons (Fsp3) is 0.192. The molecule has 0 saturated carbocycles. The van der Waals surface area contributed by atoms with E-state index in [1.165, 1.54) is 24.3 Å². The topological polar surface area (TPSA) is 104 Å². The largest absolute Gasteiger partial charge is 0.493 e. The van der Waals surface area contributed by atoms with E-state index in [1.807, 2.05) is 61.7 Å². The molecule has 174 valence electrons. The Labute approximate surface area is 199 Å². The first-order valence-electron chi connectivity index (χ1n) is 10.8. The van der Waals surface area contributed by atoms with Gasteiger partial charge in [0.15, 0.2) is 11.5 Å². The molecule has 1 atom stereocenters. The molecule has 3 aromatic carbocycles. The fourth-order valence-electron chi connectivity index (χ4n) is 3.95. The van der Waals surface area contributed by atoms with Gasteiger partial charge in [-0.25, -0.2) is 13.1 Å². The predicted octanol–water partition coefficient (Wildman–Crippen LogP) is 4.56. The number of sulfonamides is 1. The summed E-state index contributed by atoms with van der Waals surface area (Å²) in [7, 11) is -2.21. The van der Waals surface area contributed by atoms with Crippen LogP contribution in [0.1, 0.15) is 29.5 Å². The summed E-state index contributed by atoms with van der Waals surface area (Å²) >= 11 is 0. The maximum absolute atomic E-state index is 13.0. The lowest BCUT2D eigenvalue weighted by atomic mass is 9.91. The Morgan fingerprint density at radius 3 is 2.53 bits per heavy atom. The molecule has 8 heteroatoms. The molecule has 0 bridgehead atoms. The lowest BCUT2D eigenvalue weighted by Gasteiger charge is -2.20. The molecule has 0 radical (unpaired) electrons. The summed E-state index contributed by atoms with van der Waals surface area (Å²) in [5.41, 5.74) is 3.21. The van der Waals surface area contributed by atoms with Crippen molar-refractivity contribution in [3.8, 4) is 17.6 Å². The van der Waals surface area contributed by atoms with Crippen molar-refractivity contribution in [2.75, 3.05) is 20.3 Å². The van der Waals surface area contributed by atoms with Gasteiger partial charge in [-0.1, -0.05) is 24.3 Å². The van der Waals surface area contributed by atoms with Crippen LogP contribution in [0.15, 0.2) is 77.8 Å². The highest BCUT2D eigenvalue weighted by molar-refractivity contribution is 7.89. The van der Waals surface area contributed by atoms with Gasteiger partial charge in [0, 0.05) is 29.6 Å². The zero-order valence-corrected chi connectivity index (χ0v) is 19.7. The lowest BCUT2D eigenvalue weighted by Crippen LogP contribution is -2.29. The van der Waals surface area contributed by atoms with Crippen molar-refractivity contribution in [3.05, 3.63) is 89.6 Å². The van der Waals surface area contributed by atoms with Crippen LogP contribution in [-0.4, -0.2) is 33.7 Å². The minimum Gasteiger partial charge on any atom is -0.493 e. The van der Waals surface area contributed by atoms with Crippen molar-refractivity contribution in [2.45, 2.75) is 17.7 Å². The Morgan fingerprint density at radius 1 is 1.06 bits per heavy atom. The zero-order valence-electron chi connectivity index (χ0n) is 18.9. The molecule has 4 aromatic rings. The van der Waals surface area contributed by atoms with Crippen molar-refractivity contribution in [1.82, 2.24) is 9.71 Å². The van der Waals surface area contributed by atoms with Crippen molar-refractivity contribution < 1.29 is 17.9 Å². The maximum Gasteiger partial charge on any atom is 0.240 e. The third-order valence-corrected chi connectivity index (χ3v) is 7.10. The molecule has 1 unspecified atom stereocenters. The number of fused-ring (bicyclic) bond motifs is 1. The van der Waals surface area contributed by atoms with Crippen molar-refractivity contribution in [1.29, 1.82) is 5.26 Å². The number of methoxy groups -OCH3 is 1. The smallest absolute Gasteiger partial charge is 0.240 e. The number of ether oxygens (including phenoxy) is 2. The third-order valence-electron chi connectivity index (χ3n) is 5.66. The van der Waals surface area contributed by atoms with E-state index >= 15 is 0 Å². The molecule has 0 amide bonds. The minimum atomic E-state index is -3.79. The van der Waals surface area contributed by atoms with Crippen LogP contribution in [0.4, 0.5) is 0 Å². The van der Waals surface area contributed by atoms with Crippen molar-refractivity contribution in [3.63, 3.8) is 0 Å². The van der Waals surface area contributed by atoms with Crippen molar-refractivity contribution >= 4 is 20.9 Å². The summed E-state index contributed by atoms with van der Waals surface area (Å²) in [5.74, 6) is 0.914. The van der Waals surface area contributed by atoms with E-state index in [2.05, 4.69) is 9.71 Å². The van der Waals surface area contributed by atoms with Gasteiger partial charge in [-0.2, -0.15) is 5.26 Å². The Kier molecular flexibility index (Phi) is 6.87. The molecule has 34 heavy (non-hydrogen) atoms. The van der Waals surface area contributed by atoms with E-state index in [9.17, 15) is 8.42 Å². The van der Waals surface area contributed by atoms with Gasteiger partial charge in [-0.3, -0.25) is 0 Å². The second-order valence-corrected chi connectivity index (χ2v) is 9.44. The molecule has 0 spiro atoms. The standard InChI is InChI=1S/C26H25N3O4S/c1-3-33-25-13-10-19(14-26(25)32-2)22(23-16-28-24-7-5-4-6-21(23)24)17-29-34(30,31)20-11-8-18(15-27)9-12-20/h4-14,16,22,28-29H,3,17H2,1-2H3. The number of hydrogen-bond donors (Lipinski definition) is 2. The summed E-state index contributed by atoms with van der Waals surface area (Å²) in [6, 6.07) is 21.4. The molecular weight excluding hydrogens is 450 g/mol. The second-order valence-electron chi connectivity index (χ2n) is 7.67. The number of nitriles is 1. The average Bonchev–Trinajstić information content (AvgIpc) is 3.29. The van der Waals surface area contributed by atoms with Crippen LogP contribution in [0.5, 0.6) is 11.5 Å². The Morgan fingerprint density at radius 2 is 1.82 bits per heavy atom. The van der Waals surface area contributed by atoms with Crippen LogP contribution in [0.3, 0.4) is 0 Å². The van der Waals surface area contributed by atoms with Gasteiger partial charge in [0.25, 0.3) is 0 Å². The van der Waals surface area contributed by atoms with E-state index in [-0.39, 0.29) is 17.4 Å². The van der Waals surface area contributed by atoms with Gasteiger partial charge in [0.2, 0.25) is 10.0 Å².